The van der Waals surface area contributed by atoms with E-state index in [1.54, 1.807) is 28.3 Å². The molecule has 1 aliphatic carbocycles. The lowest BCUT2D eigenvalue weighted by molar-refractivity contribution is -0.150. The molecule has 49 heavy (non-hydrogen) atoms. The molecule has 1 saturated carbocycles. The molecular formula is C38H44N2O9. The van der Waals surface area contributed by atoms with Crippen LogP contribution in [-0.4, -0.2) is 73.1 Å². The van der Waals surface area contributed by atoms with E-state index in [0.29, 0.717) is 17.1 Å². The van der Waals surface area contributed by atoms with Crippen molar-refractivity contribution in [2.24, 2.45) is 0 Å². The van der Waals surface area contributed by atoms with Crippen molar-refractivity contribution in [1.29, 1.82) is 0 Å². The number of aryl methyl sites for hydroxylation is 1. The number of hydrogen-bond acceptors (Lipinski definition) is 9. The molecule has 1 saturated heterocycles. The van der Waals surface area contributed by atoms with Crippen LogP contribution in [0, 0.1) is 6.92 Å². The number of rotatable bonds is 12. The van der Waals surface area contributed by atoms with Crippen molar-refractivity contribution >= 4 is 0 Å². The molecule has 6 rings (SSSR count). The Hall–Kier alpha value is -4.26. The van der Waals surface area contributed by atoms with Gasteiger partial charge in [0.2, 0.25) is 0 Å². The standard InChI is InChI=1S/C38H44N2O9/c1-24-22-40(37(43)39-35(24)42)36-34(48-31-13-9-8-12-30(31)46-4)33(41)32(49-36)23-47-38(25-10-6-5-7-11-25,26-14-18-28(44-2)19-15-26)27-16-20-29(45-3)21-17-27/h5-7,10-11,14-22,30-34,36,41H,8-9,12-13,23H2,1-4H3,(H,39,42,43)/t30-,31-,32-,33-,34-,36-/m1/s1. The van der Waals surface area contributed by atoms with Crippen LogP contribution in [0.1, 0.15) is 54.2 Å². The maximum absolute atomic E-state index is 13.1. The topological polar surface area (TPSA) is 130 Å². The predicted molar refractivity (Wildman–Crippen MR) is 182 cm³/mol. The van der Waals surface area contributed by atoms with Gasteiger partial charge in [-0.2, -0.15) is 0 Å². The maximum atomic E-state index is 13.1. The highest BCUT2D eigenvalue weighted by Crippen LogP contribution is 2.43. The van der Waals surface area contributed by atoms with Crippen LogP contribution in [0.15, 0.2) is 94.6 Å². The Morgan fingerprint density at radius 1 is 0.837 bits per heavy atom. The first kappa shape index (κ1) is 34.6. The smallest absolute Gasteiger partial charge is 0.330 e. The van der Waals surface area contributed by atoms with Gasteiger partial charge in [0.05, 0.1) is 33.0 Å². The minimum Gasteiger partial charge on any atom is -0.497 e. The second-order valence-electron chi connectivity index (χ2n) is 12.5. The fraction of sp³-hybridized carbons (Fsp3) is 0.421. The third-order valence-corrected chi connectivity index (χ3v) is 9.65. The average molecular weight is 673 g/mol. The van der Waals surface area contributed by atoms with E-state index < -0.39 is 41.4 Å². The van der Waals surface area contributed by atoms with Gasteiger partial charge in [0.1, 0.15) is 35.4 Å². The summed E-state index contributed by atoms with van der Waals surface area (Å²) in [6, 6.07) is 25.1. The molecule has 2 fully saturated rings. The van der Waals surface area contributed by atoms with Crippen LogP contribution in [0.2, 0.25) is 0 Å². The highest BCUT2D eigenvalue weighted by atomic mass is 16.6. The second kappa shape index (κ2) is 15.1. The van der Waals surface area contributed by atoms with Crippen molar-refractivity contribution in [3.63, 3.8) is 0 Å². The quantitative estimate of drug-likeness (QED) is 0.209. The molecule has 3 aromatic carbocycles. The second-order valence-corrected chi connectivity index (χ2v) is 12.5. The zero-order valence-electron chi connectivity index (χ0n) is 28.2. The van der Waals surface area contributed by atoms with Crippen molar-refractivity contribution in [2.75, 3.05) is 27.9 Å². The number of ether oxygens (including phenoxy) is 6. The molecule has 260 valence electrons. The van der Waals surface area contributed by atoms with Gasteiger partial charge < -0.3 is 33.5 Å². The van der Waals surface area contributed by atoms with Gasteiger partial charge in [0, 0.05) is 18.9 Å². The number of benzene rings is 3. The van der Waals surface area contributed by atoms with Gasteiger partial charge in [-0.1, -0.05) is 67.4 Å². The number of nitrogens with one attached hydrogen (secondary N) is 1. The van der Waals surface area contributed by atoms with Crippen molar-refractivity contribution in [1.82, 2.24) is 9.55 Å². The number of nitrogens with zero attached hydrogens (tertiary/aromatic N) is 1. The average Bonchev–Trinajstić information content (AvgIpc) is 3.45. The molecule has 0 unspecified atom stereocenters. The molecule has 2 N–H and O–H groups in total. The molecule has 2 aliphatic rings. The van der Waals surface area contributed by atoms with Gasteiger partial charge in [0.25, 0.3) is 5.56 Å². The summed E-state index contributed by atoms with van der Waals surface area (Å²) in [6.07, 6.45) is 0.380. The van der Waals surface area contributed by atoms with Gasteiger partial charge in [-0.3, -0.25) is 14.3 Å². The van der Waals surface area contributed by atoms with Crippen molar-refractivity contribution < 1.29 is 33.5 Å². The summed E-state index contributed by atoms with van der Waals surface area (Å²) in [5.74, 6) is 1.38. The van der Waals surface area contributed by atoms with Gasteiger partial charge in [-0.15, -0.1) is 0 Å². The van der Waals surface area contributed by atoms with E-state index in [4.69, 9.17) is 28.4 Å². The first-order valence-corrected chi connectivity index (χ1v) is 16.6. The number of aromatic amines is 1. The van der Waals surface area contributed by atoms with Gasteiger partial charge in [0.15, 0.2) is 6.23 Å². The number of H-pyrrole nitrogens is 1. The van der Waals surface area contributed by atoms with Crippen LogP contribution < -0.4 is 20.7 Å². The summed E-state index contributed by atoms with van der Waals surface area (Å²) in [5.41, 5.74) is 0.497. The maximum Gasteiger partial charge on any atom is 0.330 e. The third kappa shape index (κ3) is 6.95. The lowest BCUT2D eigenvalue weighted by Gasteiger charge is -2.37. The van der Waals surface area contributed by atoms with Crippen LogP contribution >= 0.6 is 0 Å². The lowest BCUT2D eigenvalue weighted by atomic mass is 9.80. The third-order valence-electron chi connectivity index (χ3n) is 9.65. The molecule has 2 heterocycles. The van der Waals surface area contributed by atoms with Crippen LogP contribution in [0.3, 0.4) is 0 Å². The zero-order chi connectivity index (χ0) is 34.5. The van der Waals surface area contributed by atoms with Crippen molar-refractivity contribution in [3.05, 3.63) is 128 Å². The minimum atomic E-state index is -1.19. The summed E-state index contributed by atoms with van der Waals surface area (Å²) in [7, 11) is 4.88. The van der Waals surface area contributed by atoms with E-state index >= 15 is 0 Å². The number of aromatic nitrogens is 2. The molecule has 6 atom stereocenters. The summed E-state index contributed by atoms with van der Waals surface area (Å²) < 4.78 is 38.1. The molecule has 11 heteroatoms. The minimum absolute atomic E-state index is 0.0834. The molecule has 11 nitrogen and oxygen atoms in total. The van der Waals surface area contributed by atoms with E-state index in [1.807, 2.05) is 78.9 Å². The van der Waals surface area contributed by atoms with Crippen LogP contribution in [-0.2, 0) is 24.5 Å². The van der Waals surface area contributed by atoms with E-state index in [9.17, 15) is 14.7 Å². The summed E-state index contributed by atoms with van der Waals surface area (Å²) >= 11 is 0. The molecule has 0 radical (unpaired) electrons. The van der Waals surface area contributed by atoms with E-state index in [2.05, 4.69) is 4.98 Å². The van der Waals surface area contributed by atoms with Gasteiger partial charge in [-0.25, -0.2) is 4.79 Å². The first-order chi connectivity index (χ1) is 23.8. The van der Waals surface area contributed by atoms with E-state index in [1.165, 1.54) is 10.8 Å². The van der Waals surface area contributed by atoms with Crippen LogP contribution in [0.25, 0.3) is 0 Å². The van der Waals surface area contributed by atoms with Crippen LogP contribution in [0.4, 0.5) is 0 Å². The largest absolute Gasteiger partial charge is 0.497 e. The molecule has 1 aliphatic heterocycles. The van der Waals surface area contributed by atoms with E-state index in [-0.39, 0.29) is 18.8 Å². The summed E-state index contributed by atoms with van der Waals surface area (Å²) in [6.45, 7) is 1.52. The Morgan fingerprint density at radius 3 is 1.98 bits per heavy atom. The van der Waals surface area contributed by atoms with Crippen molar-refractivity contribution in [2.45, 2.75) is 75.0 Å². The number of methoxy groups -OCH3 is 3. The molecule has 0 spiro atoms. The lowest BCUT2D eigenvalue weighted by Crippen LogP contribution is -2.45. The zero-order valence-corrected chi connectivity index (χ0v) is 28.2. The molecule has 0 bridgehead atoms. The Kier molecular flexibility index (Phi) is 10.7. The molecular weight excluding hydrogens is 628 g/mol. The first-order valence-electron chi connectivity index (χ1n) is 16.6. The number of aliphatic hydroxyl groups is 1. The Labute approximate surface area is 285 Å². The normalized spacial score (nSPS) is 24.1. The monoisotopic (exact) mass is 672 g/mol. The molecule has 4 aromatic rings. The SMILES string of the molecule is COc1ccc(C(OC[C@H]2O[C@@H](n3cc(C)c(=O)[nH]c3=O)[C@H](O[C@@H]3CCCC[C@H]3OC)[C@@H]2O)(c2ccccc2)c2ccc(OC)cc2)cc1. The Balaban J connectivity index is 1.41. The highest BCUT2D eigenvalue weighted by Gasteiger charge is 2.49. The fourth-order valence-electron chi connectivity index (χ4n) is 6.97. The molecule has 1 aromatic heterocycles. The highest BCUT2D eigenvalue weighted by molar-refractivity contribution is 5.49. The van der Waals surface area contributed by atoms with Gasteiger partial charge >= 0.3 is 5.69 Å². The van der Waals surface area contributed by atoms with Crippen molar-refractivity contribution in [3.8, 4) is 11.5 Å². The predicted octanol–water partition coefficient (Wildman–Crippen LogP) is 4.47. The van der Waals surface area contributed by atoms with E-state index in [0.717, 1.165) is 42.4 Å². The van der Waals surface area contributed by atoms with Crippen LogP contribution in [0.5, 0.6) is 11.5 Å². The Morgan fingerprint density at radius 2 is 1.41 bits per heavy atom. The number of hydrogen-bond donors (Lipinski definition) is 2. The summed E-state index contributed by atoms with van der Waals surface area (Å²) in [5, 5.41) is 11.9. The fourth-order valence-corrected chi connectivity index (χ4v) is 6.97. The number of aliphatic hydroxyl groups excluding tert-OH is 1. The molecule has 0 amide bonds. The van der Waals surface area contributed by atoms with Gasteiger partial charge in [-0.05, 0) is 60.7 Å². The summed E-state index contributed by atoms with van der Waals surface area (Å²) in [4.78, 5) is 27.8. The Bertz CT molecular complexity index is 1740.